The number of rotatable bonds is 5. The molecule has 2 N–H and O–H groups in total. The lowest BCUT2D eigenvalue weighted by Gasteiger charge is -2.06. The van der Waals surface area contributed by atoms with Gasteiger partial charge in [-0.05, 0) is 44.0 Å². The van der Waals surface area contributed by atoms with E-state index in [9.17, 15) is 9.59 Å². The lowest BCUT2D eigenvalue weighted by atomic mass is 10.1. The minimum Gasteiger partial charge on any atom is -0.343 e. The first kappa shape index (κ1) is 18.9. The molecule has 0 saturated heterocycles. The van der Waals surface area contributed by atoms with Crippen LogP contribution in [0.4, 0.5) is 5.69 Å². The first-order valence-electron chi connectivity index (χ1n) is 7.80. The summed E-state index contributed by atoms with van der Waals surface area (Å²) in [4.78, 5) is 23.9. The molecule has 0 atom stereocenters. The van der Waals surface area contributed by atoms with Crippen molar-refractivity contribution in [1.29, 1.82) is 0 Å². The Bertz CT molecular complexity index is 840. The second-order valence-corrected chi connectivity index (χ2v) is 6.65. The second-order valence-electron chi connectivity index (χ2n) is 5.79. The maximum atomic E-state index is 12.0. The molecular weight excluding hydrogens is 384 g/mol. The molecule has 2 amide bonds. The van der Waals surface area contributed by atoms with Crippen molar-refractivity contribution < 1.29 is 9.59 Å². The molecule has 25 heavy (non-hydrogen) atoms. The normalized spacial score (nSPS) is 10.9. The minimum absolute atomic E-state index is 0.105. The van der Waals surface area contributed by atoms with Gasteiger partial charge in [0.2, 0.25) is 11.8 Å². The molecular formula is C18H21BrN4O2. The highest BCUT2D eigenvalue weighted by Gasteiger charge is 2.12. The number of aromatic nitrogens is 2. The number of hydrogen-bond donors (Lipinski definition) is 2. The topological polar surface area (TPSA) is 76.0 Å². The van der Waals surface area contributed by atoms with Crippen molar-refractivity contribution in [3.8, 4) is 0 Å². The fourth-order valence-electron chi connectivity index (χ4n) is 2.30. The van der Waals surface area contributed by atoms with Gasteiger partial charge in [-0.1, -0.05) is 28.1 Å². The van der Waals surface area contributed by atoms with Crippen LogP contribution in [0.25, 0.3) is 6.08 Å². The largest absolute Gasteiger partial charge is 0.343 e. The van der Waals surface area contributed by atoms with Gasteiger partial charge in [0.25, 0.3) is 0 Å². The number of amides is 2. The third-order valence-electron chi connectivity index (χ3n) is 3.77. The molecule has 0 spiro atoms. The standard InChI is InChI=1S/C18H21BrN4O2/c1-11-5-6-14(15(19)9-11)7-8-16(24)20-10-17(25)21-18-12(2)22-23(4)13(18)3/h5-9H,10H2,1-4H3,(H,20,24)(H,21,25)/b8-7+. The molecule has 6 nitrogen and oxygen atoms in total. The van der Waals surface area contributed by atoms with Gasteiger partial charge in [-0.3, -0.25) is 14.3 Å². The van der Waals surface area contributed by atoms with Crippen molar-refractivity contribution >= 4 is 39.5 Å². The Hall–Kier alpha value is -2.41. The Kier molecular flexibility index (Phi) is 6.14. The van der Waals surface area contributed by atoms with Gasteiger partial charge in [0.05, 0.1) is 23.6 Å². The average molecular weight is 405 g/mol. The van der Waals surface area contributed by atoms with Crippen LogP contribution in [0.2, 0.25) is 0 Å². The van der Waals surface area contributed by atoms with Crippen LogP contribution in [-0.4, -0.2) is 28.1 Å². The molecule has 0 bridgehead atoms. The molecule has 0 aliphatic carbocycles. The molecule has 0 saturated carbocycles. The molecule has 2 aromatic rings. The van der Waals surface area contributed by atoms with Gasteiger partial charge in [-0.15, -0.1) is 0 Å². The third kappa shape index (κ3) is 5.03. The summed E-state index contributed by atoms with van der Waals surface area (Å²) in [6.07, 6.45) is 3.11. The quantitative estimate of drug-likeness (QED) is 0.752. The lowest BCUT2D eigenvalue weighted by molar-refractivity contribution is -0.121. The van der Waals surface area contributed by atoms with E-state index in [4.69, 9.17) is 0 Å². The van der Waals surface area contributed by atoms with Crippen LogP contribution in [0.1, 0.15) is 22.5 Å². The lowest BCUT2D eigenvalue weighted by Crippen LogP contribution is -2.31. The van der Waals surface area contributed by atoms with Gasteiger partial charge < -0.3 is 10.6 Å². The SMILES string of the molecule is Cc1ccc(/C=C/C(=O)NCC(=O)Nc2c(C)nn(C)c2C)c(Br)c1. The molecule has 2 rings (SSSR count). The van der Waals surface area contributed by atoms with Crippen molar-refractivity contribution in [2.45, 2.75) is 20.8 Å². The Morgan fingerprint density at radius 3 is 2.60 bits per heavy atom. The first-order chi connectivity index (χ1) is 11.8. The number of aryl methyl sites for hydroxylation is 3. The van der Waals surface area contributed by atoms with Gasteiger partial charge in [-0.25, -0.2) is 0 Å². The van der Waals surface area contributed by atoms with E-state index in [-0.39, 0.29) is 18.4 Å². The fraction of sp³-hybridized carbons (Fsp3) is 0.278. The van der Waals surface area contributed by atoms with Crippen LogP contribution < -0.4 is 10.6 Å². The molecule has 0 radical (unpaired) electrons. The van der Waals surface area contributed by atoms with Gasteiger partial charge >= 0.3 is 0 Å². The Morgan fingerprint density at radius 2 is 2.00 bits per heavy atom. The number of hydrogen-bond acceptors (Lipinski definition) is 3. The zero-order valence-corrected chi connectivity index (χ0v) is 16.3. The highest BCUT2D eigenvalue weighted by atomic mass is 79.9. The summed E-state index contributed by atoms with van der Waals surface area (Å²) in [5.41, 5.74) is 4.31. The minimum atomic E-state index is -0.331. The van der Waals surface area contributed by atoms with E-state index < -0.39 is 0 Å². The van der Waals surface area contributed by atoms with E-state index in [2.05, 4.69) is 31.7 Å². The van der Waals surface area contributed by atoms with E-state index in [1.807, 2.05) is 46.0 Å². The van der Waals surface area contributed by atoms with Crippen LogP contribution >= 0.6 is 15.9 Å². The van der Waals surface area contributed by atoms with E-state index in [0.717, 1.165) is 27.0 Å². The van der Waals surface area contributed by atoms with Crippen LogP contribution in [0.15, 0.2) is 28.7 Å². The van der Waals surface area contributed by atoms with E-state index in [1.54, 1.807) is 10.8 Å². The van der Waals surface area contributed by atoms with E-state index in [0.29, 0.717) is 5.69 Å². The fourth-order valence-corrected chi connectivity index (χ4v) is 2.92. The maximum absolute atomic E-state index is 12.0. The van der Waals surface area contributed by atoms with Crippen molar-refractivity contribution in [1.82, 2.24) is 15.1 Å². The maximum Gasteiger partial charge on any atom is 0.244 e. The van der Waals surface area contributed by atoms with Crippen LogP contribution in [0.3, 0.4) is 0 Å². The predicted octanol–water partition coefficient (Wildman–Crippen LogP) is 2.88. The monoisotopic (exact) mass is 404 g/mol. The summed E-state index contributed by atoms with van der Waals surface area (Å²) in [5.74, 6) is -0.625. The summed E-state index contributed by atoms with van der Waals surface area (Å²) in [5, 5.41) is 9.58. The van der Waals surface area contributed by atoms with Gasteiger partial charge in [0.1, 0.15) is 0 Å². The molecule has 1 heterocycles. The Balaban J connectivity index is 1.89. The Labute approximate surface area is 155 Å². The number of nitrogens with one attached hydrogen (secondary N) is 2. The zero-order chi connectivity index (χ0) is 18.6. The summed E-state index contributed by atoms with van der Waals surface area (Å²) >= 11 is 3.46. The van der Waals surface area contributed by atoms with Crippen molar-refractivity contribution in [2.24, 2.45) is 7.05 Å². The Morgan fingerprint density at radius 1 is 1.28 bits per heavy atom. The molecule has 0 aliphatic heterocycles. The van der Waals surface area contributed by atoms with Crippen molar-refractivity contribution in [3.63, 3.8) is 0 Å². The summed E-state index contributed by atoms with van der Waals surface area (Å²) in [6.45, 7) is 5.58. The molecule has 1 aromatic heterocycles. The van der Waals surface area contributed by atoms with Gasteiger partial charge in [-0.2, -0.15) is 5.10 Å². The number of carbonyl (C=O) groups is 2. The first-order valence-corrected chi connectivity index (χ1v) is 8.59. The predicted molar refractivity (Wildman–Crippen MR) is 102 cm³/mol. The van der Waals surface area contributed by atoms with E-state index >= 15 is 0 Å². The highest BCUT2D eigenvalue weighted by molar-refractivity contribution is 9.10. The number of benzene rings is 1. The molecule has 132 valence electrons. The molecule has 0 fully saturated rings. The summed E-state index contributed by atoms with van der Waals surface area (Å²) in [7, 11) is 1.81. The number of carbonyl (C=O) groups excluding carboxylic acids is 2. The second kappa shape index (κ2) is 8.11. The van der Waals surface area contributed by atoms with E-state index in [1.165, 1.54) is 6.08 Å². The number of nitrogens with zero attached hydrogens (tertiary/aromatic N) is 2. The smallest absolute Gasteiger partial charge is 0.244 e. The number of halogens is 1. The van der Waals surface area contributed by atoms with Gasteiger partial charge in [0, 0.05) is 17.6 Å². The van der Waals surface area contributed by atoms with Gasteiger partial charge in [0.15, 0.2) is 0 Å². The highest BCUT2D eigenvalue weighted by Crippen LogP contribution is 2.19. The van der Waals surface area contributed by atoms with Crippen LogP contribution in [0, 0.1) is 20.8 Å². The van der Waals surface area contributed by atoms with Crippen LogP contribution in [-0.2, 0) is 16.6 Å². The molecule has 7 heteroatoms. The van der Waals surface area contributed by atoms with Crippen molar-refractivity contribution in [2.75, 3.05) is 11.9 Å². The van der Waals surface area contributed by atoms with Crippen LogP contribution in [0.5, 0.6) is 0 Å². The number of anilines is 1. The summed E-state index contributed by atoms with van der Waals surface area (Å²) < 4.78 is 2.61. The molecule has 1 aromatic carbocycles. The molecule has 0 aliphatic rings. The summed E-state index contributed by atoms with van der Waals surface area (Å²) in [6, 6.07) is 5.86. The zero-order valence-electron chi connectivity index (χ0n) is 14.7. The van der Waals surface area contributed by atoms with Crippen molar-refractivity contribution in [3.05, 3.63) is 51.3 Å². The molecule has 0 unspecified atom stereocenters. The average Bonchev–Trinajstić information content (AvgIpc) is 2.78. The third-order valence-corrected chi connectivity index (χ3v) is 4.45.